The predicted octanol–water partition coefficient (Wildman–Crippen LogP) is 0.755. The fourth-order valence-electron chi connectivity index (χ4n) is 2.45. The van der Waals surface area contributed by atoms with Crippen molar-refractivity contribution in [2.75, 3.05) is 25.0 Å². The molecule has 27 heavy (non-hydrogen) atoms. The van der Waals surface area contributed by atoms with Crippen LogP contribution in [0.2, 0.25) is 0 Å². The van der Waals surface area contributed by atoms with Crippen molar-refractivity contribution >= 4 is 23.2 Å². The maximum absolute atomic E-state index is 12.6. The largest absolute Gasteiger partial charge is 0.482 e. The standard InChI is InChI=1S/C14H18ClF3N6O3/c15-7-3-21-12(22-4-7)10(11(19)24-26)13(25)23-8-5-20-2-1-9(8)27-6-14(16,17)18/h1-2,5,7,10-12,21-22H,3-4,6,19H2,(H,23,25). The van der Waals surface area contributed by atoms with E-state index in [4.69, 9.17) is 17.3 Å². The number of anilines is 1. The number of hydrogen-bond donors (Lipinski definition) is 4. The van der Waals surface area contributed by atoms with Gasteiger partial charge < -0.3 is 15.8 Å². The summed E-state index contributed by atoms with van der Waals surface area (Å²) in [4.78, 5) is 27.3. The van der Waals surface area contributed by atoms with Gasteiger partial charge in [-0.1, -0.05) is 5.18 Å². The summed E-state index contributed by atoms with van der Waals surface area (Å²) < 4.78 is 41.8. The van der Waals surface area contributed by atoms with Crippen LogP contribution in [0.1, 0.15) is 0 Å². The van der Waals surface area contributed by atoms with E-state index >= 15 is 0 Å². The summed E-state index contributed by atoms with van der Waals surface area (Å²) in [5.74, 6) is -2.13. The first-order valence-corrected chi connectivity index (χ1v) is 8.28. The van der Waals surface area contributed by atoms with Gasteiger partial charge in [0, 0.05) is 25.4 Å². The molecule has 1 saturated heterocycles. The minimum absolute atomic E-state index is 0.0964. The molecule has 1 aliphatic heterocycles. The van der Waals surface area contributed by atoms with Crippen LogP contribution in [0.4, 0.5) is 18.9 Å². The monoisotopic (exact) mass is 410 g/mol. The second-order valence-electron chi connectivity index (χ2n) is 5.78. The predicted molar refractivity (Wildman–Crippen MR) is 91.1 cm³/mol. The minimum Gasteiger partial charge on any atom is -0.482 e. The van der Waals surface area contributed by atoms with Crippen molar-refractivity contribution in [1.82, 2.24) is 15.6 Å². The topological polar surface area (TPSA) is 131 Å². The third-order valence-corrected chi connectivity index (χ3v) is 4.01. The lowest BCUT2D eigenvalue weighted by Crippen LogP contribution is -2.62. The number of nitrogens with zero attached hydrogens (tertiary/aromatic N) is 2. The number of aromatic nitrogens is 1. The second kappa shape index (κ2) is 9.26. The lowest BCUT2D eigenvalue weighted by atomic mass is 10.00. The van der Waals surface area contributed by atoms with Gasteiger partial charge in [-0.2, -0.15) is 13.2 Å². The SMILES string of the molecule is NC(N=O)C(C(=O)Nc1cnccc1OCC(F)(F)F)C1NCC(Cl)CN1. The van der Waals surface area contributed by atoms with E-state index < -0.39 is 36.9 Å². The van der Waals surface area contributed by atoms with Crippen molar-refractivity contribution in [3.8, 4) is 5.75 Å². The van der Waals surface area contributed by atoms with Crippen LogP contribution in [0.3, 0.4) is 0 Å². The maximum atomic E-state index is 12.6. The van der Waals surface area contributed by atoms with Gasteiger partial charge in [-0.3, -0.25) is 20.4 Å². The van der Waals surface area contributed by atoms with Gasteiger partial charge in [0.2, 0.25) is 5.91 Å². The average Bonchev–Trinajstić information content (AvgIpc) is 2.62. The van der Waals surface area contributed by atoms with Crippen molar-refractivity contribution in [1.29, 1.82) is 0 Å². The molecule has 5 N–H and O–H groups in total. The Morgan fingerprint density at radius 2 is 2.15 bits per heavy atom. The molecule has 0 radical (unpaired) electrons. The molecule has 150 valence electrons. The lowest BCUT2D eigenvalue weighted by Gasteiger charge is -2.34. The van der Waals surface area contributed by atoms with E-state index in [0.717, 1.165) is 6.20 Å². The molecule has 9 nitrogen and oxygen atoms in total. The van der Waals surface area contributed by atoms with Crippen molar-refractivity contribution in [3.05, 3.63) is 23.4 Å². The van der Waals surface area contributed by atoms with Gasteiger partial charge in [0.25, 0.3) is 0 Å². The van der Waals surface area contributed by atoms with Gasteiger partial charge in [-0.05, 0) is 0 Å². The van der Waals surface area contributed by atoms with Crippen LogP contribution in [0.25, 0.3) is 0 Å². The maximum Gasteiger partial charge on any atom is 0.422 e. The Morgan fingerprint density at radius 1 is 1.48 bits per heavy atom. The van der Waals surface area contributed by atoms with Crippen LogP contribution in [0.5, 0.6) is 5.75 Å². The van der Waals surface area contributed by atoms with Crippen molar-refractivity contribution in [2.24, 2.45) is 16.8 Å². The number of nitrogens with two attached hydrogens (primary N) is 1. The van der Waals surface area contributed by atoms with Gasteiger partial charge in [0.05, 0.1) is 17.7 Å². The molecule has 1 fully saturated rings. The zero-order valence-corrected chi connectivity index (χ0v) is 14.6. The summed E-state index contributed by atoms with van der Waals surface area (Å²) in [6, 6.07) is 1.17. The zero-order chi connectivity index (χ0) is 20.0. The molecular formula is C14H18ClF3N6O3. The lowest BCUT2D eigenvalue weighted by molar-refractivity contribution is -0.153. The summed E-state index contributed by atoms with van der Waals surface area (Å²) in [7, 11) is 0. The van der Waals surface area contributed by atoms with E-state index in [1.165, 1.54) is 12.3 Å². The number of nitroso groups, excluding NO2 is 1. The van der Waals surface area contributed by atoms with E-state index in [1.54, 1.807) is 0 Å². The zero-order valence-electron chi connectivity index (χ0n) is 13.9. The van der Waals surface area contributed by atoms with Crippen LogP contribution in [-0.4, -0.2) is 54.5 Å². The number of pyridine rings is 1. The molecule has 1 aromatic rings. The second-order valence-corrected chi connectivity index (χ2v) is 6.40. The Balaban J connectivity index is 2.14. The molecule has 0 saturated carbocycles. The number of hydrogen-bond acceptors (Lipinski definition) is 8. The highest BCUT2D eigenvalue weighted by Gasteiger charge is 2.37. The summed E-state index contributed by atoms with van der Waals surface area (Å²) in [6.45, 7) is -0.815. The molecule has 0 bridgehead atoms. The number of ether oxygens (including phenoxy) is 1. The van der Waals surface area contributed by atoms with Crippen LogP contribution < -0.4 is 26.4 Å². The van der Waals surface area contributed by atoms with Gasteiger partial charge in [-0.15, -0.1) is 16.5 Å². The Morgan fingerprint density at radius 3 is 2.74 bits per heavy atom. The van der Waals surface area contributed by atoms with E-state index in [2.05, 4.69) is 30.8 Å². The molecule has 1 amide bonds. The van der Waals surface area contributed by atoms with Crippen molar-refractivity contribution < 1.29 is 22.7 Å². The Labute approximate surface area is 157 Å². The first-order chi connectivity index (χ1) is 12.7. The number of halogens is 4. The Bertz CT molecular complexity index is 657. The quantitative estimate of drug-likeness (QED) is 0.385. The number of carbonyl (C=O) groups excluding carboxylic acids is 1. The van der Waals surface area contributed by atoms with Crippen LogP contribution in [0, 0.1) is 10.8 Å². The molecular weight excluding hydrogens is 393 g/mol. The van der Waals surface area contributed by atoms with Crippen LogP contribution >= 0.6 is 11.6 Å². The van der Waals surface area contributed by atoms with E-state index in [1.807, 2.05) is 0 Å². The smallest absolute Gasteiger partial charge is 0.422 e. The van der Waals surface area contributed by atoms with Crippen molar-refractivity contribution in [3.63, 3.8) is 0 Å². The molecule has 0 spiro atoms. The number of carbonyl (C=O) groups is 1. The fraction of sp³-hybridized carbons (Fsp3) is 0.571. The number of alkyl halides is 4. The normalized spacial score (nSPS) is 22.6. The summed E-state index contributed by atoms with van der Waals surface area (Å²) in [5.41, 5.74) is 5.55. The van der Waals surface area contributed by atoms with E-state index in [-0.39, 0.29) is 16.8 Å². The molecule has 2 unspecified atom stereocenters. The Hall–Kier alpha value is -2.02. The van der Waals surface area contributed by atoms with Gasteiger partial charge in [0.15, 0.2) is 12.8 Å². The first kappa shape index (κ1) is 21.3. The highest BCUT2D eigenvalue weighted by Crippen LogP contribution is 2.26. The van der Waals surface area contributed by atoms with E-state index in [0.29, 0.717) is 13.1 Å². The van der Waals surface area contributed by atoms with Gasteiger partial charge in [-0.25, -0.2) is 0 Å². The average molecular weight is 411 g/mol. The molecule has 2 atom stereocenters. The van der Waals surface area contributed by atoms with E-state index in [9.17, 15) is 22.9 Å². The highest BCUT2D eigenvalue weighted by molar-refractivity contribution is 6.21. The van der Waals surface area contributed by atoms with Gasteiger partial charge in [0.1, 0.15) is 17.4 Å². The molecule has 2 heterocycles. The minimum atomic E-state index is -4.55. The number of amides is 1. The first-order valence-electron chi connectivity index (χ1n) is 7.84. The summed E-state index contributed by atoms with van der Waals surface area (Å²) >= 11 is 5.94. The molecule has 13 heteroatoms. The molecule has 1 aromatic heterocycles. The summed E-state index contributed by atoms with van der Waals surface area (Å²) in [5, 5.41) is 10.7. The molecule has 0 aromatic carbocycles. The van der Waals surface area contributed by atoms with Gasteiger partial charge >= 0.3 is 6.18 Å². The van der Waals surface area contributed by atoms with Crippen LogP contribution in [0.15, 0.2) is 23.6 Å². The molecule has 1 aliphatic rings. The highest BCUT2D eigenvalue weighted by atomic mass is 35.5. The molecule has 0 aliphatic carbocycles. The fourth-order valence-corrected chi connectivity index (χ4v) is 2.63. The van der Waals surface area contributed by atoms with Crippen molar-refractivity contribution in [2.45, 2.75) is 23.9 Å². The summed E-state index contributed by atoms with van der Waals surface area (Å²) in [6.07, 6.45) is -4.33. The third kappa shape index (κ3) is 6.27. The number of nitrogens with one attached hydrogen (secondary N) is 3. The van der Waals surface area contributed by atoms with Crippen LogP contribution in [-0.2, 0) is 4.79 Å². The molecule has 2 rings (SSSR count). The number of rotatable bonds is 7. The Kier molecular flexibility index (Phi) is 7.30. The third-order valence-electron chi connectivity index (χ3n) is 3.70.